The van der Waals surface area contributed by atoms with Crippen molar-refractivity contribution in [2.45, 2.75) is 24.3 Å². The largest absolute Gasteiger partial charge is 0.326 e. The Hall–Kier alpha value is -3.13. The van der Waals surface area contributed by atoms with Gasteiger partial charge in [-0.1, -0.05) is 18.2 Å². The van der Waals surface area contributed by atoms with Crippen molar-refractivity contribution in [3.63, 3.8) is 0 Å². The molecule has 4 rings (SSSR count). The number of fused-ring (bicyclic) bond motifs is 1. The molecule has 1 aliphatic heterocycles. The van der Waals surface area contributed by atoms with Crippen LogP contribution in [-0.4, -0.2) is 24.1 Å². The van der Waals surface area contributed by atoms with Crippen molar-refractivity contribution >= 4 is 27.3 Å². The van der Waals surface area contributed by atoms with Crippen LogP contribution >= 0.6 is 0 Å². The van der Waals surface area contributed by atoms with Crippen molar-refractivity contribution in [3.05, 3.63) is 72.1 Å². The fourth-order valence-corrected chi connectivity index (χ4v) is 4.21. The summed E-state index contributed by atoms with van der Waals surface area (Å²) in [6.45, 7) is 0.460. The summed E-state index contributed by atoms with van der Waals surface area (Å²) in [5.74, 6) is -0.0521. The lowest BCUT2D eigenvalue weighted by atomic mass is 10.0. The Balaban J connectivity index is 1.62. The number of sulfonamides is 1. The minimum atomic E-state index is -3.75. The first-order valence-electron chi connectivity index (χ1n) is 8.52. The zero-order valence-corrected chi connectivity index (χ0v) is 15.2. The molecule has 2 heterocycles. The van der Waals surface area contributed by atoms with Gasteiger partial charge < -0.3 is 5.32 Å². The van der Waals surface area contributed by atoms with E-state index in [9.17, 15) is 13.2 Å². The Morgan fingerprint density at radius 2 is 1.96 bits per heavy atom. The molecule has 0 spiro atoms. The van der Waals surface area contributed by atoms with Crippen LogP contribution in [0.1, 0.15) is 17.5 Å². The molecule has 138 valence electrons. The van der Waals surface area contributed by atoms with E-state index in [1.165, 1.54) is 6.07 Å². The summed E-state index contributed by atoms with van der Waals surface area (Å²) in [7, 11) is -3.75. The van der Waals surface area contributed by atoms with Gasteiger partial charge in [-0.2, -0.15) is 5.10 Å². The van der Waals surface area contributed by atoms with Gasteiger partial charge in [-0.15, -0.1) is 0 Å². The second-order valence-electron chi connectivity index (χ2n) is 6.33. The molecule has 2 N–H and O–H groups in total. The van der Waals surface area contributed by atoms with Gasteiger partial charge in [0.15, 0.2) is 0 Å². The van der Waals surface area contributed by atoms with E-state index in [-0.39, 0.29) is 10.8 Å². The molecule has 0 unspecified atom stereocenters. The summed E-state index contributed by atoms with van der Waals surface area (Å²) in [5, 5.41) is 6.92. The molecule has 0 saturated heterocycles. The van der Waals surface area contributed by atoms with Crippen LogP contribution in [0.15, 0.2) is 65.8 Å². The molecule has 0 saturated carbocycles. The lowest BCUT2D eigenvalue weighted by Gasteiger charge is -2.18. The maximum atomic E-state index is 12.9. The maximum absolute atomic E-state index is 12.9. The molecule has 1 amide bonds. The van der Waals surface area contributed by atoms with E-state index < -0.39 is 10.0 Å². The van der Waals surface area contributed by atoms with Crippen LogP contribution in [-0.2, 0) is 27.8 Å². The van der Waals surface area contributed by atoms with Crippen LogP contribution in [0, 0.1) is 0 Å². The monoisotopic (exact) mass is 382 g/mol. The maximum Gasteiger partial charge on any atom is 0.261 e. The molecule has 0 atom stereocenters. The number of rotatable bonds is 5. The van der Waals surface area contributed by atoms with Crippen molar-refractivity contribution < 1.29 is 13.2 Å². The van der Waals surface area contributed by atoms with Crippen molar-refractivity contribution in [3.8, 4) is 0 Å². The highest BCUT2D eigenvalue weighted by Crippen LogP contribution is 2.27. The fourth-order valence-electron chi connectivity index (χ4n) is 3.06. The zero-order valence-electron chi connectivity index (χ0n) is 14.4. The van der Waals surface area contributed by atoms with Gasteiger partial charge in [0, 0.05) is 24.5 Å². The molecule has 1 aromatic heterocycles. The van der Waals surface area contributed by atoms with Gasteiger partial charge in [0.05, 0.1) is 17.1 Å². The number of para-hydroxylation sites is 1. The average molecular weight is 382 g/mol. The van der Waals surface area contributed by atoms with E-state index in [0.717, 1.165) is 11.1 Å². The quantitative estimate of drug-likeness (QED) is 0.709. The molecule has 0 radical (unpaired) electrons. The van der Waals surface area contributed by atoms with Crippen LogP contribution < -0.4 is 10.0 Å². The number of hydrogen-bond acceptors (Lipinski definition) is 4. The van der Waals surface area contributed by atoms with E-state index in [0.29, 0.717) is 30.8 Å². The molecule has 0 fully saturated rings. The van der Waals surface area contributed by atoms with E-state index in [1.807, 2.05) is 24.4 Å². The number of carbonyl (C=O) groups is 1. The van der Waals surface area contributed by atoms with Crippen molar-refractivity contribution in [1.82, 2.24) is 9.78 Å². The molecular weight excluding hydrogens is 364 g/mol. The molecule has 2 aromatic carbocycles. The summed E-state index contributed by atoms with van der Waals surface area (Å²) in [6.07, 6.45) is 4.39. The Morgan fingerprint density at radius 1 is 1.11 bits per heavy atom. The van der Waals surface area contributed by atoms with E-state index in [4.69, 9.17) is 0 Å². The van der Waals surface area contributed by atoms with Crippen LogP contribution in [0.4, 0.5) is 11.4 Å². The number of amides is 1. The Labute approximate surface area is 157 Å². The number of aromatic nitrogens is 2. The number of anilines is 2. The summed E-state index contributed by atoms with van der Waals surface area (Å²) in [4.78, 5) is 11.6. The smallest absolute Gasteiger partial charge is 0.261 e. The molecule has 0 bridgehead atoms. The highest BCUT2D eigenvalue weighted by atomic mass is 32.2. The van der Waals surface area contributed by atoms with Crippen molar-refractivity contribution in [2.75, 3.05) is 10.0 Å². The van der Waals surface area contributed by atoms with Crippen LogP contribution in [0.25, 0.3) is 0 Å². The first-order valence-corrected chi connectivity index (χ1v) is 10.0. The highest BCUT2D eigenvalue weighted by Gasteiger charge is 2.20. The molecule has 0 aliphatic carbocycles. The highest BCUT2D eigenvalue weighted by molar-refractivity contribution is 7.92. The normalized spacial score (nSPS) is 13.7. The van der Waals surface area contributed by atoms with Crippen LogP contribution in [0.5, 0.6) is 0 Å². The first kappa shape index (κ1) is 17.3. The molecule has 7 nitrogen and oxygen atoms in total. The number of nitrogens with zero attached hydrogens (tertiary/aromatic N) is 2. The number of carbonyl (C=O) groups excluding carboxylic acids is 1. The summed E-state index contributed by atoms with van der Waals surface area (Å²) >= 11 is 0. The Kier molecular flexibility index (Phi) is 4.41. The Morgan fingerprint density at radius 3 is 2.78 bits per heavy atom. The standard InChI is InChI=1S/C19H18N4O3S/c24-19-9-6-14-12-16(7-8-17(14)21-19)27(25,26)22-18-5-2-1-4-15(18)13-23-11-3-10-20-23/h1-5,7-8,10-12,22H,6,9,13H2,(H,21,24). The van der Waals surface area contributed by atoms with E-state index in [1.54, 1.807) is 35.1 Å². The minimum Gasteiger partial charge on any atom is -0.326 e. The molecule has 8 heteroatoms. The first-order chi connectivity index (χ1) is 13.0. The van der Waals surface area contributed by atoms with Gasteiger partial charge in [0.25, 0.3) is 10.0 Å². The third-order valence-corrected chi connectivity index (χ3v) is 5.80. The second kappa shape index (κ2) is 6.88. The number of nitrogens with one attached hydrogen (secondary N) is 2. The van der Waals surface area contributed by atoms with Crippen molar-refractivity contribution in [2.24, 2.45) is 0 Å². The topological polar surface area (TPSA) is 93.1 Å². The van der Waals surface area contributed by atoms with Crippen LogP contribution in [0.2, 0.25) is 0 Å². The lowest BCUT2D eigenvalue weighted by molar-refractivity contribution is -0.116. The SMILES string of the molecule is O=C1CCc2cc(S(=O)(=O)Nc3ccccc3Cn3cccn3)ccc2N1. The molecular formula is C19H18N4O3S. The van der Waals surface area contributed by atoms with E-state index >= 15 is 0 Å². The molecule has 1 aliphatic rings. The van der Waals surface area contributed by atoms with Crippen LogP contribution in [0.3, 0.4) is 0 Å². The van der Waals surface area contributed by atoms with E-state index in [2.05, 4.69) is 15.1 Å². The van der Waals surface area contributed by atoms with Gasteiger partial charge in [-0.05, 0) is 47.9 Å². The third kappa shape index (κ3) is 3.70. The number of hydrogen-bond donors (Lipinski definition) is 2. The average Bonchev–Trinajstić information content (AvgIpc) is 3.16. The summed E-state index contributed by atoms with van der Waals surface area (Å²) in [5.41, 5.74) is 2.82. The Bertz CT molecular complexity index is 1090. The van der Waals surface area contributed by atoms with Gasteiger partial charge in [0.1, 0.15) is 0 Å². The predicted molar refractivity (Wildman–Crippen MR) is 102 cm³/mol. The van der Waals surface area contributed by atoms with Gasteiger partial charge in [-0.25, -0.2) is 8.42 Å². The molecule has 3 aromatic rings. The van der Waals surface area contributed by atoms with Gasteiger partial charge in [-0.3, -0.25) is 14.2 Å². The third-order valence-electron chi connectivity index (χ3n) is 4.44. The zero-order chi connectivity index (χ0) is 18.9. The summed E-state index contributed by atoms with van der Waals surface area (Å²) in [6, 6.07) is 13.8. The van der Waals surface area contributed by atoms with Gasteiger partial charge >= 0.3 is 0 Å². The van der Waals surface area contributed by atoms with Crippen molar-refractivity contribution in [1.29, 1.82) is 0 Å². The number of benzene rings is 2. The molecule has 27 heavy (non-hydrogen) atoms. The minimum absolute atomic E-state index is 0.0521. The number of aryl methyl sites for hydroxylation is 1. The lowest BCUT2D eigenvalue weighted by Crippen LogP contribution is -2.20. The summed E-state index contributed by atoms with van der Waals surface area (Å²) < 4.78 is 30.2. The fraction of sp³-hybridized carbons (Fsp3) is 0.158. The van der Waals surface area contributed by atoms with Gasteiger partial charge in [0.2, 0.25) is 5.91 Å². The predicted octanol–water partition coefficient (Wildman–Crippen LogP) is 2.62. The second-order valence-corrected chi connectivity index (χ2v) is 8.02.